The van der Waals surface area contributed by atoms with Gasteiger partial charge in [-0.1, -0.05) is 38.0 Å². The highest BCUT2D eigenvalue weighted by molar-refractivity contribution is 7.89. The number of sulfonamides is 1. The molecule has 0 aliphatic heterocycles. The van der Waals surface area contributed by atoms with E-state index in [1.807, 2.05) is 30.3 Å². The smallest absolute Gasteiger partial charge is 0.244 e. The number of hydrogen-bond donors (Lipinski definition) is 2. The van der Waals surface area contributed by atoms with Gasteiger partial charge in [0.05, 0.1) is 18.1 Å². The van der Waals surface area contributed by atoms with Gasteiger partial charge in [-0.15, -0.1) is 12.4 Å². The van der Waals surface area contributed by atoms with E-state index in [1.165, 1.54) is 12.4 Å². The predicted molar refractivity (Wildman–Crippen MR) is 101 cm³/mol. The van der Waals surface area contributed by atoms with Crippen molar-refractivity contribution in [1.29, 1.82) is 0 Å². The predicted octanol–water partition coefficient (Wildman–Crippen LogP) is 2.48. The molecule has 1 heterocycles. The number of nitrogens with two attached hydrogens (primary N) is 1. The summed E-state index contributed by atoms with van der Waals surface area (Å²) in [4.78, 5) is 0.164. The number of nitrogens with one attached hydrogen (secondary N) is 1. The maximum Gasteiger partial charge on any atom is 0.244 e. The molecule has 25 heavy (non-hydrogen) atoms. The molecule has 1 aromatic heterocycles. The topological polar surface area (TPSA) is 90.0 Å². The van der Waals surface area contributed by atoms with Crippen LogP contribution in [0, 0.1) is 5.92 Å². The van der Waals surface area contributed by atoms with E-state index in [0.29, 0.717) is 6.54 Å². The lowest BCUT2D eigenvalue weighted by Gasteiger charge is -2.42. The summed E-state index contributed by atoms with van der Waals surface area (Å²) in [6, 6.07) is 9.43. The Morgan fingerprint density at radius 2 is 2.04 bits per heavy atom. The van der Waals surface area contributed by atoms with Crippen molar-refractivity contribution in [1.82, 2.24) is 14.5 Å². The third-order valence-electron chi connectivity index (χ3n) is 5.05. The van der Waals surface area contributed by atoms with Gasteiger partial charge in [-0.2, -0.15) is 5.10 Å². The molecule has 1 aromatic carbocycles. The van der Waals surface area contributed by atoms with E-state index in [1.54, 1.807) is 4.68 Å². The molecule has 6 nitrogen and oxygen atoms in total. The highest BCUT2D eigenvalue weighted by Gasteiger charge is 2.40. The first kappa shape index (κ1) is 19.9. The molecule has 0 radical (unpaired) electrons. The number of para-hydroxylation sites is 1. The molecule has 1 fully saturated rings. The monoisotopic (exact) mass is 384 g/mol. The Bertz CT molecular complexity index is 794. The Labute approximate surface area is 155 Å². The molecule has 1 saturated carbocycles. The van der Waals surface area contributed by atoms with E-state index >= 15 is 0 Å². The molecule has 2 unspecified atom stereocenters. The molecule has 2 atom stereocenters. The summed E-state index contributed by atoms with van der Waals surface area (Å²) < 4.78 is 30.1. The second-order valence-electron chi connectivity index (χ2n) is 6.57. The van der Waals surface area contributed by atoms with E-state index in [2.05, 4.69) is 16.7 Å². The van der Waals surface area contributed by atoms with E-state index in [9.17, 15) is 8.42 Å². The molecule has 0 saturated heterocycles. The number of hydrogen-bond acceptors (Lipinski definition) is 4. The second-order valence-corrected chi connectivity index (χ2v) is 8.25. The molecule has 0 amide bonds. The maximum absolute atomic E-state index is 12.8. The highest BCUT2D eigenvalue weighted by Crippen LogP contribution is 2.34. The molecule has 1 aliphatic rings. The first-order chi connectivity index (χ1) is 11.5. The van der Waals surface area contributed by atoms with Crippen LogP contribution in [0.25, 0.3) is 5.69 Å². The van der Waals surface area contributed by atoms with Gasteiger partial charge in [-0.3, -0.25) is 0 Å². The van der Waals surface area contributed by atoms with Gasteiger partial charge in [0.15, 0.2) is 0 Å². The number of rotatable bonds is 5. The van der Waals surface area contributed by atoms with E-state index in [4.69, 9.17) is 5.73 Å². The number of benzene rings is 1. The van der Waals surface area contributed by atoms with Gasteiger partial charge >= 0.3 is 0 Å². The van der Waals surface area contributed by atoms with Crippen molar-refractivity contribution >= 4 is 22.4 Å². The molecular weight excluding hydrogens is 360 g/mol. The van der Waals surface area contributed by atoms with Crippen LogP contribution < -0.4 is 10.5 Å². The Balaban J connectivity index is 0.00000225. The molecule has 2 aromatic rings. The zero-order valence-corrected chi connectivity index (χ0v) is 15.9. The molecule has 1 aliphatic carbocycles. The van der Waals surface area contributed by atoms with Crippen molar-refractivity contribution in [3.63, 3.8) is 0 Å². The number of aromatic nitrogens is 2. The highest BCUT2D eigenvalue weighted by atomic mass is 35.5. The Morgan fingerprint density at radius 1 is 1.32 bits per heavy atom. The Kier molecular flexibility index (Phi) is 6.26. The van der Waals surface area contributed by atoms with Gasteiger partial charge in [0, 0.05) is 12.1 Å². The average Bonchev–Trinajstić information content (AvgIpc) is 3.09. The van der Waals surface area contributed by atoms with Gasteiger partial charge in [-0.25, -0.2) is 17.8 Å². The van der Waals surface area contributed by atoms with Crippen LogP contribution in [0.5, 0.6) is 0 Å². The molecular formula is C17H25ClN4O2S. The molecule has 3 rings (SSSR count). The summed E-state index contributed by atoms with van der Waals surface area (Å²) in [6.45, 7) is 2.38. The van der Waals surface area contributed by atoms with Gasteiger partial charge in [0.2, 0.25) is 10.0 Å². The minimum atomic E-state index is -3.66. The largest absolute Gasteiger partial charge is 0.329 e. The van der Waals surface area contributed by atoms with Gasteiger partial charge in [0.25, 0.3) is 0 Å². The van der Waals surface area contributed by atoms with E-state index in [-0.39, 0.29) is 23.2 Å². The fourth-order valence-electron chi connectivity index (χ4n) is 3.40. The van der Waals surface area contributed by atoms with Crippen molar-refractivity contribution < 1.29 is 8.42 Å². The molecule has 8 heteroatoms. The van der Waals surface area contributed by atoms with Crippen molar-refractivity contribution in [2.24, 2.45) is 11.7 Å². The van der Waals surface area contributed by atoms with Crippen LogP contribution in [-0.2, 0) is 10.0 Å². The lowest BCUT2D eigenvalue weighted by Crippen LogP contribution is -2.58. The lowest BCUT2D eigenvalue weighted by molar-refractivity contribution is 0.191. The Hall–Kier alpha value is -1.41. The standard InChI is InChI=1S/C17H24N4O2S.ClH/c1-14-7-5-6-10-17(14,13-18)20-24(22,23)16-11-19-21(12-16)15-8-3-2-4-9-15;/h2-4,8-9,11-12,14,20H,5-7,10,13,18H2,1H3;1H. The minimum Gasteiger partial charge on any atom is -0.329 e. The first-order valence-corrected chi connectivity index (χ1v) is 9.79. The van der Waals surface area contributed by atoms with E-state index in [0.717, 1.165) is 31.4 Å². The van der Waals surface area contributed by atoms with Crippen molar-refractivity contribution in [3.05, 3.63) is 42.7 Å². The zero-order chi connectivity index (χ0) is 17.2. The normalized spacial score (nSPS) is 23.8. The van der Waals surface area contributed by atoms with Crippen molar-refractivity contribution in [2.45, 2.75) is 43.0 Å². The summed E-state index contributed by atoms with van der Waals surface area (Å²) in [5, 5.41) is 4.18. The van der Waals surface area contributed by atoms with Crippen LogP contribution in [0.2, 0.25) is 0 Å². The Morgan fingerprint density at radius 3 is 2.68 bits per heavy atom. The van der Waals surface area contributed by atoms with Crippen LogP contribution >= 0.6 is 12.4 Å². The summed E-state index contributed by atoms with van der Waals surface area (Å²) >= 11 is 0. The van der Waals surface area contributed by atoms with E-state index < -0.39 is 15.6 Å². The van der Waals surface area contributed by atoms with Gasteiger partial charge < -0.3 is 5.73 Å². The first-order valence-electron chi connectivity index (χ1n) is 8.31. The van der Waals surface area contributed by atoms with Crippen LogP contribution in [0.3, 0.4) is 0 Å². The van der Waals surface area contributed by atoms with Crippen LogP contribution in [0.4, 0.5) is 0 Å². The summed E-state index contributed by atoms with van der Waals surface area (Å²) in [5.74, 6) is 0.218. The average molecular weight is 385 g/mol. The fourth-order valence-corrected chi connectivity index (χ4v) is 4.87. The second kappa shape index (κ2) is 7.86. The molecule has 0 spiro atoms. The van der Waals surface area contributed by atoms with Crippen LogP contribution in [0.1, 0.15) is 32.6 Å². The van der Waals surface area contributed by atoms with Crippen molar-refractivity contribution in [2.75, 3.05) is 6.54 Å². The van der Waals surface area contributed by atoms with Crippen molar-refractivity contribution in [3.8, 4) is 5.69 Å². The van der Waals surface area contributed by atoms with Crippen LogP contribution in [-0.4, -0.2) is 30.3 Å². The van der Waals surface area contributed by atoms with Gasteiger partial charge in [0.1, 0.15) is 4.90 Å². The molecule has 138 valence electrons. The minimum absolute atomic E-state index is 0. The van der Waals surface area contributed by atoms with Crippen LogP contribution in [0.15, 0.2) is 47.6 Å². The molecule has 3 N–H and O–H groups in total. The molecule has 0 bridgehead atoms. The number of nitrogens with zero attached hydrogens (tertiary/aromatic N) is 2. The maximum atomic E-state index is 12.8. The quantitative estimate of drug-likeness (QED) is 0.828. The zero-order valence-electron chi connectivity index (χ0n) is 14.3. The lowest BCUT2D eigenvalue weighted by atomic mass is 9.74. The SMILES string of the molecule is CC1CCCCC1(CN)NS(=O)(=O)c1cnn(-c2ccccc2)c1.Cl. The summed E-state index contributed by atoms with van der Waals surface area (Å²) in [7, 11) is -3.66. The summed E-state index contributed by atoms with van der Waals surface area (Å²) in [5.41, 5.74) is 6.22. The van der Waals surface area contributed by atoms with Gasteiger partial charge in [-0.05, 0) is 30.9 Å². The summed E-state index contributed by atoms with van der Waals surface area (Å²) in [6.07, 6.45) is 6.80. The third-order valence-corrected chi connectivity index (χ3v) is 6.55. The fraction of sp³-hybridized carbons (Fsp3) is 0.471. The third kappa shape index (κ3) is 4.06. The number of halogens is 1.